The van der Waals surface area contributed by atoms with Crippen LogP contribution in [0, 0.1) is 0 Å². The van der Waals surface area contributed by atoms with Crippen molar-refractivity contribution in [3.63, 3.8) is 0 Å². The number of carbonyl (C=O) groups is 1. The van der Waals surface area contributed by atoms with E-state index in [-0.39, 0.29) is 0 Å². The standard InChI is InChI=1S/C12H10ClN3O2/c13-8-1-6-11(15-7-8)18-10-4-2-9(3-5-10)16-12(14)17/h1-7H,(H3,14,16,17). The maximum atomic E-state index is 10.6. The van der Waals surface area contributed by atoms with E-state index in [0.717, 1.165) is 0 Å². The van der Waals surface area contributed by atoms with Gasteiger partial charge in [0.2, 0.25) is 5.88 Å². The average Bonchev–Trinajstić information content (AvgIpc) is 2.34. The Labute approximate surface area is 109 Å². The van der Waals surface area contributed by atoms with Crippen LogP contribution in [0.25, 0.3) is 0 Å². The van der Waals surface area contributed by atoms with Crippen molar-refractivity contribution >= 4 is 23.3 Å². The molecule has 2 rings (SSSR count). The van der Waals surface area contributed by atoms with Gasteiger partial charge in [0.1, 0.15) is 5.75 Å². The Balaban J connectivity index is 2.06. The number of nitrogens with one attached hydrogen (secondary N) is 1. The van der Waals surface area contributed by atoms with Gasteiger partial charge in [-0.05, 0) is 30.3 Å². The van der Waals surface area contributed by atoms with Gasteiger partial charge >= 0.3 is 6.03 Å². The predicted octanol–water partition coefficient (Wildman–Crippen LogP) is 3.02. The Hall–Kier alpha value is -2.27. The molecule has 1 aromatic heterocycles. The van der Waals surface area contributed by atoms with Crippen LogP contribution in [0.3, 0.4) is 0 Å². The van der Waals surface area contributed by atoms with Gasteiger partial charge in [0.25, 0.3) is 0 Å². The molecule has 1 aromatic carbocycles. The number of hydrogen-bond donors (Lipinski definition) is 2. The SMILES string of the molecule is NC(=O)Nc1ccc(Oc2ccc(Cl)cn2)cc1. The molecule has 0 atom stereocenters. The van der Waals surface area contributed by atoms with Gasteiger partial charge in [0.05, 0.1) is 5.02 Å². The van der Waals surface area contributed by atoms with Crippen LogP contribution in [0.15, 0.2) is 42.6 Å². The van der Waals surface area contributed by atoms with E-state index in [1.54, 1.807) is 36.4 Å². The number of nitrogens with zero attached hydrogens (tertiary/aromatic N) is 1. The largest absolute Gasteiger partial charge is 0.439 e. The molecule has 2 amide bonds. The number of pyridine rings is 1. The summed E-state index contributed by atoms with van der Waals surface area (Å²) < 4.78 is 5.48. The number of anilines is 1. The molecule has 0 aliphatic carbocycles. The van der Waals surface area contributed by atoms with E-state index in [9.17, 15) is 4.79 Å². The topological polar surface area (TPSA) is 77.2 Å². The maximum Gasteiger partial charge on any atom is 0.316 e. The molecule has 0 saturated carbocycles. The van der Waals surface area contributed by atoms with E-state index in [1.807, 2.05) is 0 Å². The zero-order chi connectivity index (χ0) is 13.0. The number of benzene rings is 1. The minimum Gasteiger partial charge on any atom is -0.439 e. The summed E-state index contributed by atoms with van der Waals surface area (Å²) in [5, 5.41) is 3.00. The molecule has 0 saturated heterocycles. The van der Waals surface area contributed by atoms with Crippen molar-refractivity contribution in [2.24, 2.45) is 5.73 Å². The van der Waals surface area contributed by atoms with E-state index in [2.05, 4.69) is 10.3 Å². The highest BCUT2D eigenvalue weighted by Gasteiger charge is 2.00. The third-order valence-electron chi connectivity index (χ3n) is 2.04. The minimum atomic E-state index is -0.608. The van der Waals surface area contributed by atoms with Crippen molar-refractivity contribution < 1.29 is 9.53 Å². The lowest BCUT2D eigenvalue weighted by atomic mass is 10.3. The monoisotopic (exact) mass is 263 g/mol. The summed E-state index contributed by atoms with van der Waals surface area (Å²) in [5.74, 6) is 1.04. The second-order valence-electron chi connectivity index (χ2n) is 3.43. The number of carbonyl (C=O) groups excluding carboxylic acids is 1. The zero-order valence-corrected chi connectivity index (χ0v) is 10.0. The molecule has 1 heterocycles. The van der Waals surface area contributed by atoms with Crippen molar-refractivity contribution in [1.82, 2.24) is 4.98 Å². The van der Waals surface area contributed by atoms with Gasteiger partial charge in [-0.2, -0.15) is 0 Å². The fourth-order valence-corrected chi connectivity index (χ4v) is 1.40. The third kappa shape index (κ3) is 3.36. The van der Waals surface area contributed by atoms with Crippen molar-refractivity contribution in [1.29, 1.82) is 0 Å². The van der Waals surface area contributed by atoms with Gasteiger partial charge in [-0.1, -0.05) is 11.6 Å². The molecule has 0 spiro atoms. The quantitative estimate of drug-likeness (QED) is 0.893. The van der Waals surface area contributed by atoms with Crippen LogP contribution in [0.1, 0.15) is 0 Å². The number of rotatable bonds is 3. The molecular weight excluding hydrogens is 254 g/mol. The summed E-state index contributed by atoms with van der Waals surface area (Å²) in [5.41, 5.74) is 5.59. The van der Waals surface area contributed by atoms with Gasteiger partial charge in [-0.3, -0.25) is 0 Å². The summed E-state index contributed by atoms with van der Waals surface area (Å²) in [6, 6.07) is 9.49. The minimum absolute atomic E-state index is 0.440. The molecule has 0 unspecified atom stereocenters. The van der Waals surface area contributed by atoms with Crippen molar-refractivity contribution in [2.45, 2.75) is 0 Å². The van der Waals surface area contributed by atoms with Crippen LogP contribution < -0.4 is 15.8 Å². The second-order valence-corrected chi connectivity index (χ2v) is 3.87. The first-order chi connectivity index (χ1) is 8.63. The van der Waals surface area contributed by atoms with Gasteiger partial charge in [-0.15, -0.1) is 0 Å². The molecule has 0 fully saturated rings. The summed E-state index contributed by atoms with van der Waals surface area (Å²) in [6.07, 6.45) is 1.50. The van der Waals surface area contributed by atoms with E-state index in [0.29, 0.717) is 22.3 Å². The number of hydrogen-bond acceptors (Lipinski definition) is 3. The van der Waals surface area contributed by atoms with E-state index in [4.69, 9.17) is 22.1 Å². The number of urea groups is 1. The first kappa shape index (κ1) is 12.2. The van der Waals surface area contributed by atoms with Crippen LogP contribution in [0.5, 0.6) is 11.6 Å². The fraction of sp³-hybridized carbons (Fsp3) is 0. The summed E-state index contributed by atoms with van der Waals surface area (Å²) in [4.78, 5) is 14.6. The highest BCUT2D eigenvalue weighted by atomic mass is 35.5. The average molecular weight is 264 g/mol. The predicted molar refractivity (Wildman–Crippen MR) is 69.0 cm³/mol. The first-order valence-electron chi connectivity index (χ1n) is 5.09. The van der Waals surface area contributed by atoms with Crippen LogP contribution in [-0.4, -0.2) is 11.0 Å². The summed E-state index contributed by atoms with van der Waals surface area (Å²) in [7, 11) is 0. The smallest absolute Gasteiger partial charge is 0.316 e. The van der Waals surface area contributed by atoms with E-state index in [1.165, 1.54) is 6.20 Å². The maximum absolute atomic E-state index is 10.6. The molecule has 0 aliphatic heterocycles. The van der Waals surface area contributed by atoms with Crippen molar-refractivity contribution in [2.75, 3.05) is 5.32 Å². The number of aromatic nitrogens is 1. The van der Waals surface area contributed by atoms with Crippen LogP contribution in [-0.2, 0) is 0 Å². The number of primary amides is 1. The molecule has 3 N–H and O–H groups in total. The molecule has 0 bridgehead atoms. The number of nitrogens with two attached hydrogens (primary N) is 1. The second kappa shape index (κ2) is 5.37. The van der Waals surface area contributed by atoms with Crippen molar-refractivity contribution in [3.8, 4) is 11.6 Å². The molecule has 0 radical (unpaired) electrons. The third-order valence-corrected chi connectivity index (χ3v) is 2.27. The normalized spacial score (nSPS) is 9.83. The van der Waals surface area contributed by atoms with E-state index >= 15 is 0 Å². The Morgan fingerprint density at radius 3 is 2.50 bits per heavy atom. The Kier molecular flexibility index (Phi) is 3.64. The van der Waals surface area contributed by atoms with Crippen LogP contribution in [0.2, 0.25) is 5.02 Å². The van der Waals surface area contributed by atoms with Crippen LogP contribution in [0.4, 0.5) is 10.5 Å². The Morgan fingerprint density at radius 2 is 1.94 bits per heavy atom. The summed E-state index contributed by atoms with van der Waals surface area (Å²) >= 11 is 5.71. The van der Waals surface area contributed by atoms with Gasteiger partial charge in [0.15, 0.2) is 0 Å². The molecule has 18 heavy (non-hydrogen) atoms. The van der Waals surface area contributed by atoms with Crippen molar-refractivity contribution in [3.05, 3.63) is 47.6 Å². The molecule has 0 aliphatic rings. The molecule has 92 valence electrons. The molecule has 5 nitrogen and oxygen atoms in total. The number of amides is 2. The number of ether oxygens (including phenoxy) is 1. The highest BCUT2D eigenvalue weighted by Crippen LogP contribution is 2.22. The van der Waals surface area contributed by atoms with Gasteiger partial charge < -0.3 is 15.8 Å². The van der Waals surface area contributed by atoms with Crippen LogP contribution >= 0.6 is 11.6 Å². The number of halogens is 1. The van der Waals surface area contributed by atoms with Gasteiger partial charge in [-0.25, -0.2) is 9.78 Å². The lowest BCUT2D eigenvalue weighted by Crippen LogP contribution is -2.19. The fourth-order valence-electron chi connectivity index (χ4n) is 1.29. The zero-order valence-electron chi connectivity index (χ0n) is 9.26. The lowest BCUT2D eigenvalue weighted by molar-refractivity contribution is 0.259. The molecule has 2 aromatic rings. The lowest BCUT2D eigenvalue weighted by Gasteiger charge is -2.06. The van der Waals surface area contributed by atoms with Gasteiger partial charge in [0, 0.05) is 18.0 Å². The highest BCUT2D eigenvalue weighted by molar-refractivity contribution is 6.30. The first-order valence-corrected chi connectivity index (χ1v) is 5.47. The Bertz CT molecular complexity index is 540. The van der Waals surface area contributed by atoms with E-state index < -0.39 is 6.03 Å². The molecule has 6 heteroatoms. The summed E-state index contributed by atoms with van der Waals surface area (Å²) in [6.45, 7) is 0. The Morgan fingerprint density at radius 1 is 1.22 bits per heavy atom. The molecular formula is C12H10ClN3O2.